The van der Waals surface area contributed by atoms with E-state index in [-0.39, 0.29) is 10.3 Å². The molecular weight excluding hydrogens is 370 g/mol. The van der Waals surface area contributed by atoms with Crippen LogP contribution in [0.4, 0.5) is 0 Å². The summed E-state index contributed by atoms with van der Waals surface area (Å²) >= 11 is 0. The highest BCUT2D eigenvalue weighted by Crippen LogP contribution is 2.51. The molecule has 0 bridgehead atoms. The Hall–Kier alpha value is -2.21. The van der Waals surface area contributed by atoms with E-state index in [0.29, 0.717) is 6.61 Å². The Labute approximate surface area is 166 Å². The van der Waals surface area contributed by atoms with E-state index in [0.717, 1.165) is 24.0 Å². The lowest BCUT2D eigenvalue weighted by atomic mass is 9.88. The quantitative estimate of drug-likeness (QED) is 0.809. The molecule has 0 heterocycles. The molecule has 1 fully saturated rings. The molecule has 2 N–H and O–H groups in total. The number of benzene rings is 2. The molecule has 2 aliphatic rings. The molecule has 146 valence electrons. The number of hydrogen-bond donors (Lipinski definition) is 1. The van der Waals surface area contributed by atoms with Crippen molar-refractivity contribution in [3.05, 3.63) is 77.4 Å². The highest BCUT2D eigenvalue weighted by atomic mass is 32.2. The Kier molecular flexibility index (Phi) is 5.00. The van der Waals surface area contributed by atoms with Gasteiger partial charge >= 0.3 is 0 Å². The molecule has 2 aromatic carbocycles. The predicted molar refractivity (Wildman–Crippen MR) is 112 cm³/mol. The summed E-state index contributed by atoms with van der Waals surface area (Å²) in [6.45, 7) is 0.598. The molecule has 0 aromatic heterocycles. The van der Waals surface area contributed by atoms with Gasteiger partial charge in [0.05, 0.1) is 11.5 Å². The van der Waals surface area contributed by atoms with Gasteiger partial charge in [0.25, 0.3) is 0 Å². The maximum Gasteiger partial charge on any atom is 0.238 e. The molecule has 1 spiro atoms. The van der Waals surface area contributed by atoms with Gasteiger partial charge in [0.1, 0.15) is 0 Å². The van der Waals surface area contributed by atoms with Gasteiger partial charge in [-0.1, -0.05) is 61.4 Å². The van der Waals surface area contributed by atoms with Gasteiger partial charge in [0.2, 0.25) is 10.0 Å². The van der Waals surface area contributed by atoms with Gasteiger partial charge in [-0.2, -0.15) is 0 Å². The summed E-state index contributed by atoms with van der Waals surface area (Å²) in [6.07, 6.45) is 9.60. The average molecular weight is 396 g/mol. The molecule has 0 saturated heterocycles. The van der Waals surface area contributed by atoms with E-state index in [4.69, 9.17) is 9.88 Å². The molecule has 2 aromatic rings. The fourth-order valence-corrected chi connectivity index (χ4v) is 4.86. The Morgan fingerprint density at radius 1 is 0.893 bits per heavy atom. The van der Waals surface area contributed by atoms with Crippen molar-refractivity contribution >= 4 is 21.2 Å². The zero-order valence-corrected chi connectivity index (χ0v) is 16.8. The third kappa shape index (κ3) is 3.70. The van der Waals surface area contributed by atoms with Crippen LogP contribution in [-0.4, -0.2) is 15.5 Å². The Balaban J connectivity index is 1.74. The van der Waals surface area contributed by atoms with Crippen LogP contribution in [0.15, 0.2) is 65.6 Å². The monoisotopic (exact) mass is 395 g/mol. The highest BCUT2D eigenvalue weighted by Gasteiger charge is 2.35. The summed E-state index contributed by atoms with van der Waals surface area (Å²) in [7, 11) is -1.99. The van der Waals surface area contributed by atoms with Gasteiger partial charge < -0.3 is 4.74 Å². The van der Waals surface area contributed by atoms with Crippen molar-refractivity contribution in [2.24, 2.45) is 10.6 Å². The lowest BCUT2D eigenvalue weighted by Crippen LogP contribution is -2.11. The van der Waals surface area contributed by atoms with E-state index in [9.17, 15) is 8.42 Å². The molecule has 5 heteroatoms. The summed E-state index contributed by atoms with van der Waals surface area (Å²) in [6, 6.07) is 15.4. The first-order valence-electron chi connectivity index (χ1n) is 9.58. The number of nitrogens with two attached hydrogens (primary N) is 1. The van der Waals surface area contributed by atoms with Gasteiger partial charge in [-0.3, -0.25) is 0 Å². The second kappa shape index (κ2) is 7.32. The number of ether oxygens (including phenoxy) is 1. The minimum absolute atomic E-state index is 0.120. The van der Waals surface area contributed by atoms with Crippen molar-refractivity contribution < 1.29 is 13.2 Å². The summed E-state index contributed by atoms with van der Waals surface area (Å²) < 4.78 is 28.4. The zero-order valence-electron chi connectivity index (χ0n) is 16.0. The van der Waals surface area contributed by atoms with Gasteiger partial charge in [-0.15, -0.1) is 0 Å². The molecule has 0 unspecified atom stereocenters. The first kappa shape index (κ1) is 19.1. The molecular formula is C23H25NO3S. The maximum absolute atomic E-state index is 11.6. The van der Waals surface area contributed by atoms with Crippen LogP contribution in [0.3, 0.4) is 0 Å². The first-order chi connectivity index (χ1) is 13.4. The molecule has 1 saturated carbocycles. The Bertz CT molecular complexity index is 1030. The zero-order chi connectivity index (χ0) is 19.8. The molecule has 0 atom stereocenters. The summed E-state index contributed by atoms with van der Waals surface area (Å²) in [5.41, 5.74) is 5.84. The van der Waals surface area contributed by atoms with Crippen molar-refractivity contribution in [1.29, 1.82) is 0 Å². The van der Waals surface area contributed by atoms with E-state index < -0.39 is 10.0 Å². The van der Waals surface area contributed by atoms with Crippen LogP contribution in [0, 0.1) is 5.41 Å². The highest BCUT2D eigenvalue weighted by molar-refractivity contribution is 7.89. The molecule has 0 radical (unpaired) electrons. The average Bonchev–Trinajstić information content (AvgIpc) is 3.29. The van der Waals surface area contributed by atoms with E-state index in [2.05, 4.69) is 36.4 Å². The van der Waals surface area contributed by atoms with Crippen molar-refractivity contribution in [1.82, 2.24) is 0 Å². The van der Waals surface area contributed by atoms with Crippen LogP contribution in [0.25, 0.3) is 11.1 Å². The van der Waals surface area contributed by atoms with Crippen LogP contribution in [0.5, 0.6) is 0 Å². The number of primary sulfonamides is 1. The fourth-order valence-electron chi connectivity index (χ4n) is 4.34. The fraction of sp³-hybridized carbons (Fsp3) is 0.304. The number of rotatable bonds is 5. The minimum Gasteiger partial charge on any atom is -0.380 e. The third-order valence-electron chi connectivity index (χ3n) is 5.76. The second-order valence-corrected chi connectivity index (χ2v) is 9.32. The number of methoxy groups -OCH3 is 1. The predicted octanol–water partition coefficient (Wildman–Crippen LogP) is 4.52. The van der Waals surface area contributed by atoms with Crippen molar-refractivity contribution in [2.45, 2.75) is 37.2 Å². The van der Waals surface area contributed by atoms with Crippen LogP contribution < -0.4 is 5.14 Å². The summed E-state index contributed by atoms with van der Waals surface area (Å²) in [4.78, 5) is 0.139. The number of sulfonamides is 1. The molecule has 0 aliphatic heterocycles. The minimum atomic E-state index is -3.69. The SMILES string of the molecule is COCc1ccc(C2=CC3(C=C2c2ccc(S(N)(=O)=O)cc2)CCCC3)cc1. The number of hydrogen-bond acceptors (Lipinski definition) is 3. The van der Waals surface area contributed by atoms with Crippen molar-refractivity contribution in [3.63, 3.8) is 0 Å². The van der Waals surface area contributed by atoms with Crippen LogP contribution >= 0.6 is 0 Å². The topological polar surface area (TPSA) is 69.4 Å². The van der Waals surface area contributed by atoms with E-state index >= 15 is 0 Å². The van der Waals surface area contributed by atoms with Crippen molar-refractivity contribution in [3.8, 4) is 0 Å². The van der Waals surface area contributed by atoms with E-state index in [1.807, 2.05) is 12.1 Å². The van der Waals surface area contributed by atoms with Gasteiger partial charge in [0.15, 0.2) is 0 Å². The van der Waals surface area contributed by atoms with Crippen LogP contribution in [0.2, 0.25) is 0 Å². The number of allylic oxidation sites excluding steroid dienone is 4. The lowest BCUT2D eigenvalue weighted by Gasteiger charge is -2.16. The smallest absolute Gasteiger partial charge is 0.238 e. The van der Waals surface area contributed by atoms with Crippen LogP contribution in [-0.2, 0) is 21.4 Å². The van der Waals surface area contributed by atoms with Gasteiger partial charge in [-0.25, -0.2) is 13.6 Å². The summed E-state index contributed by atoms with van der Waals surface area (Å²) in [5.74, 6) is 0. The Morgan fingerprint density at radius 3 is 1.86 bits per heavy atom. The molecule has 0 amide bonds. The third-order valence-corrected chi connectivity index (χ3v) is 6.69. The van der Waals surface area contributed by atoms with E-state index in [1.165, 1.54) is 29.6 Å². The van der Waals surface area contributed by atoms with Crippen molar-refractivity contribution in [2.75, 3.05) is 7.11 Å². The van der Waals surface area contributed by atoms with Crippen LogP contribution in [0.1, 0.15) is 42.4 Å². The first-order valence-corrected chi connectivity index (χ1v) is 11.1. The standard InChI is InChI=1S/C23H25NO3S/c1-27-16-17-4-6-18(7-5-17)21-14-23(12-2-3-13-23)15-22(21)19-8-10-20(11-9-19)28(24,25)26/h4-11,14-15H,2-3,12-13,16H2,1H3,(H2,24,25,26). The molecule has 2 aliphatic carbocycles. The molecule has 28 heavy (non-hydrogen) atoms. The summed E-state index contributed by atoms with van der Waals surface area (Å²) in [5, 5.41) is 5.25. The van der Waals surface area contributed by atoms with E-state index in [1.54, 1.807) is 19.2 Å². The molecule has 4 rings (SSSR count). The van der Waals surface area contributed by atoms with Gasteiger partial charge in [-0.05, 0) is 52.8 Å². The lowest BCUT2D eigenvalue weighted by molar-refractivity contribution is 0.185. The molecule has 4 nitrogen and oxygen atoms in total. The Morgan fingerprint density at radius 2 is 1.39 bits per heavy atom. The second-order valence-electron chi connectivity index (χ2n) is 7.76. The largest absolute Gasteiger partial charge is 0.380 e. The maximum atomic E-state index is 11.6. The normalized spacial score (nSPS) is 18.4. The van der Waals surface area contributed by atoms with Gasteiger partial charge in [0, 0.05) is 12.5 Å².